The number of amides is 2. The summed E-state index contributed by atoms with van der Waals surface area (Å²) < 4.78 is 13.6. The second-order valence-electron chi connectivity index (χ2n) is 12.1. The zero-order chi connectivity index (χ0) is 30.1. The molecule has 6 aromatic rings. The first-order valence-electron chi connectivity index (χ1n) is 14.7. The van der Waals surface area contributed by atoms with E-state index in [1.54, 1.807) is 18.2 Å². The van der Waals surface area contributed by atoms with E-state index in [0.29, 0.717) is 21.8 Å². The van der Waals surface area contributed by atoms with E-state index in [4.69, 9.17) is 11.6 Å². The summed E-state index contributed by atoms with van der Waals surface area (Å²) in [4.78, 5) is 32.5. The molecule has 2 aliphatic rings. The largest absolute Gasteiger partial charge is 0.351 e. The van der Waals surface area contributed by atoms with Crippen LogP contribution in [-0.4, -0.2) is 21.8 Å². The number of nitrogens with one attached hydrogen (secondary N) is 4. The summed E-state index contributed by atoms with van der Waals surface area (Å²) >= 11 is 6.11. The number of aromatic nitrogens is 2. The Balaban J connectivity index is 0.949. The highest BCUT2D eigenvalue weighted by atomic mass is 35.5. The van der Waals surface area contributed by atoms with Crippen molar-refractivity contribution >= 4 is 45.2 Å². The number of fused-ring (bicyclic) bond motifs is 2. The van der Waals surface area contributed by atoms with Gasteiger partial charge in [-0.15, -0.1) is 0 Å². The lowest BCUT2D eigenvalue weighted by Crippen LogP contribution is -2.35. The maximum atomic E-state index is 13.6. The lowest BCUT2D eigenvalue weighted by Gasteiger charge is -2.19. The summed E-state index contributed by atoms with van der Waals surface area (Å²) in [5, 5.41) is 8.66. The van der Waals surface area contributed by atoms with E-state index >= 15 is 0 Å². The average Bonchev–Trinajstić information content (AvgIpc) is 3.90. The quantitative estimate of drug-likeness (QED) is 0.149. The predicted octanol–water partition coefficient (Wildman–Crippen LogP) is 7.95. The molecule has 2 amide bonds. The third kappa shape index (κ3) is 4.74. The fourth-order valence-corrected chi connectivity index (χ4v) is 6.39. The van der Waals surface area contributed by atoms with Gasteiger partial charge in [-0.25, -0.2) is 4.39 Å². The van der Waals surface area contributed by atoms with Crippen molar-refractivity contribution in [1.29, 1.82) is 0 Å². The number of rotatable bonds is 7. The number of H-pyrrole nitrogens is 2. The van der Waals surface area contributed by atoms with Crippen LogP contribution in [-0.2, 0) is 11.1 Å². The van der Waals surface area contributed by atoms with Crippen LogP contribution in [0.15, 0.2) is 97.1 Å². The third-order valence-corrected chi connectivity index (χ3v) is 9.30. The van der Waals surface area contributed by atoms with Gasteiger partial charge in [-0.3, -0.25) is 9.59 Å². The summed E-state index contributed by atoms with van der Waals surface area (Å²) in [7, 11) is 0. The highest BCUT2D eigenvalue weighted by Crippen LogP contribution is 2.47. The minimum absolute atomic E-state index is 0.131. The van der Waals surface area contributed by atoms with Crippen molar-refractivity contribution in [3.05, 3.63) is 130 Å². The predicted molar refractivity (Wildman–Crippen MR) is 170 cm³/mol. The van der Waals surface area contributed by atoms with Gasteiger partial charge in [-0.1, -0.05) is 60.1 Å². The van der Waals surface area contributed by atoms with Gasteiger partial charge < -0.3 is 20.6 Å². The molecule has 6 nitrogen and oxygen atoms in total. The van der Waals surface area contributed by atoms with Gasteiger partial charge in [0.2, 0.25) is 0 Å². The second-order valence-corrected chi connectivity index (χ2v) is 12.5. The van der Waals surface area contributed by atoms with E-state index in [-0.39, 0.29) is 23.2 Å². The number of halogens is 2. The lowest BCUT2D eigenvalue weighted by atomic mass is 9.97. The zero-order valence-corrected chi connectivity index (χ0v) is 24.4. The van der Waals surface area contributed by atoms with Crippen LogP contribution >= 0.6 is 11.6 Å². The zero-order valence-electron chi connectivity index (χ0n) is 23.6. The Bertz CT molecular complexity index is 1940. The van der Waals surface area contributed by atoms with Crippen molar-refractivity contribution in [2.24, 2.45) is 0 Å². The number of hydrogen-bond donors (Lipinski definition) is 4. The number of carbonyl (C=O) groups is 2. The Labute approximate surface area is 257 Å². The lowest BCUT2D eigenvalue weighted by molar-refractivity contribution is 0.0918. The van der Waals surface area contributed by atoms with Gasteiger partial charge in [-0.2, -0.15) is 0 Å². The van der Waals surface area contributed by atoms with Crippen LogP contribution in [0.1, 0.15) is 57.8 Å². The molecule has 0 bridgehead atoms. The number of carbonyl (C=O) groups excluding carboxylic acids is 2. The minimum atomic E-state index is -0.393. The monoisotopic (exact) mass is 602 g/mol. The van der Waals surface area contributed by atoms with Gasteiger partial charge in [-0.05, 0) is 96.5 Å². The SMILES string of the molecule is O=C(NC1(c2ccc(-c3ccc(C4(NC(=O)c5cc6cc(Cl)ccc6[nH]5)CC4)cc3)cc2)CC1)c1cc2cc(F)ccc2[nH]1. The molecule has 4 N–H and O–H groups in total. The fourth-order valence-electron chi connectivity index (χ4n) is 6.21. The second kappa shape index (κ2) is 9.82. The molecule has 2 fully saturated rings. The molecule has 0 unspecified atom stereocenters. The van der Waals surface area contributed by atoms with E-state index < -0.39 is 5.54 Å². The normalized spacial score (nSPS) is 16.1. The van der Waals surface area contributed by atoms with Gasteiger partial charge in [0.1, 0.15) is 17.2 Å². The molecule has 8 heteroatoms. The summed E-state index contributed by atoms with van der Waals surface area (Å²) in [5.74, 6) is -0.661. The van der Waals surface area contributed by atoms with Crippen molar-refractivity contribution in [3.63, 3.8) is 0 Å². The first kappa shape index (κ1) is 26.7. The molecule has 0 saturated heterocycles. The van der Waals surface area contributed by atoms with Crippen LogP contribution in [0.5, 0.6) is 0 Å². The molecule has 2 aliphatic carbocycles. The van der Waals surface area contributed by atoms with E-state index in [2.05, 4.69) is 69.1 Å². The molecule has 2 heterocycles. The summed E-state index contributed by atoms with van der Waals surface area (Å²) in [6.45, 7) is 0. The third-order valence-electron chi connectivity index (χ3n) is 9.07. The summed E-state index contributed by atoms with van der Waals surface area (Å²) in [6, 6.07) is 30.2. The molecule has 44 heavy (non-hydrogen) atoms. The Morgan fingerprint density at radius 2 is 1.07 bits per heavy atom. The summed E-state index contributed by atoms with van der Waals surface area (Å²) in [6.07, 6.45) is 3.51. The Kier molecular flexibility index (Phi) is 5.97. The first-order valence-corrected chi connectivity index (χ1v) is 15.1. The minimum Gasteiger partial charge on any atom is -0.351 e. The topological polar surface area (TPSA) is 89.8 Å². The number of benzene rings is 4. The van der Waals surface area contributed by atoms with Gasteiger partial charge >= 0.3 is 0 Å². The first-order chi connectivity index (χ1) is 21.3. The highest BCUT2D eigenvalue weighted by molar-refractivity contribution is 6.31. The van der Waals surface area contributed by atoms with Crippen LogP contribution in [0.4, 0.5) is 4.39 Å². The molecule has 4 aromatic carbocycles. The van der Waals surface area contributed by atoms with Crippen molar-refractivity contribution < 1.29 is 14.0 Å². The van der Waals surface area contributed by atoms with Gasteiger partial charge in [0, 0.05) is 26.8 Å². The molecule has 2 aromatic heterocycles. The molecular weight excluding hydrogens is 575 g/mol. The van der Waals surface area contributed by atoms with Crippen LogP contribution in [0.25, 0.3) is 32.9 Å². The highest BCUT2D eigenvalue weighted by Gasteiger charge is 2.47. The molecule has 0 spiro atoms. The molecule has 0 aliphatic heterocycles. The molecule has 0 radical (unpaired) electrons. The number of hydrogen-bond acceptors (Lipinski definition) is 2. The van der Waals surface area contributed by atoms with Crippen molar-refractivity contribution in [1.82, 2.24) is 20.6 Å². The van der Waals surface area contributed by atoms with E-state index in [1.807, 2.05) is 18.2 Å². The van der Waals surface area contributed by atoms with Crippen molar-refractivity contribution in [2.75, 3.05) is 0 Å². The maximum absolute atomic E-state index is 13.6. The van der Waals surface area contributed by atoms with Crippen LogP contribution in [0.3, 0.4) is 0 Å². The Hall–Kier alpha value is -4.88. The van der Waals surface area contributed by atoms with E-state index in [9.17, 15) is 14.0 Å². The smallest absolute Gasteiger partial charge is 0.268 e. The van der Waals surface area contributed by atoms with Crippen LogP contribution in [0, 0.1) is 5.82 Å². The molecular formula is C36H28ClFN4O2. The Morgan fingerprint density at radius 1 is 0.614 bits per heavy atom. The molecule has 218 valence electrons. The molecule has 0 atom stereocenters. The van der Waals surface area contributed by atoms with Crippen LogP contribution in [0.2, 0.25) is 5.02 Å². The standard InChI is InChI=1S/C36H28ClFN4O2/c37-27-9-11-29-23(17-27)19-31(39-29)33(43)41-35(13-14-35)25-5-1-21(2-6-25)22-3-7-26(8-4-22)36(15-16-36)42-34(44)32-20-24-18-28(38)10-12-30(24)40-32/h1-12,17-20,39-40H,13-16H2,(H,41,43)(H,42,44). The van der Waals surface area contributed by atoms with Crippen LogP contribution < -0.4 is 10.6 Å². The molecule has 8 rings (SSSR count). The van der Waals surface area contributed by atoms with E-state index in [1.165, 1.54) is 12.1 Å². The number of aromatic amines is 2. The maximum Gasteiger partial charge on any atom is 0.268 e. The van der Waals surface area contributed by atoms with Crippen molar-refractivity contribution in [2.45, 2.75) is 36.8 Å². The van der Waals surface area contributed by atoms with Gasteiger partial charge in [0.05, 0.1) is 11.1 Å². The Morgan fingerprint density at radius 3 is 1.55 bits per heavy atom. The molecule has 2 saturated carbocycles. The van der Waals surface area contributed by atoms with Gasteiger partial charge in [0.25, 0.3) is 11.8 Å². The van der Waals surface area contributed by atoms with Crippen molar-refractivity contribution in [3.8, 4) is 11.1 Å². The average molecular weight is 603 g/mol. The van der Waals surface area contributed by atoms with E-state index in [0.717, 1.165) is 64.4 Å². The fraction of sp³-hybridized carbons (Fsp3) is 0.167. The van der Waals surface area contributed by atoms with Gasteiger partial charge in [0.15, 0.2) is 0 Å². The summed E-state index contributed by atoms with van der Waals surface area (Å²) in [5.41, 5.74) is 6.10.